The number of allylic oxidation sites excluding steroid dienone is 22. The molecule has 0 aliphatic carbocycles. The van der Waals surface area contributed by atoms with Crippen LogP contribution in [0.3, 0.4) is 0 Å². The van der Waals surface area contributed by atoms with Crippen molar-refractivity contribution in [1.29, 1.82) is 0 Å². The Labute approximate surface area is 566 Å². The molecule has 0 fully saturated rings. The zero-order chi connectivity index (χ0) is 65.4. The molecule has 0 aromatic carbocycles. The Morgan fingerprint density at radius 2 is 0.473 bits per heavy atom. The first-order valence-corrected chi connectivity index (χ1v) is 39.2. The van der Waals surface area contributed by atoms with Crippen LogP contribution in [0.1, 0.15) is 380 Å². The summed E-state index contributed by atoms with van der Waals surface area (Å²) in [5, 5.41) is 9.71. The molecule has 0 rings (SSSR count). The largest absolute Gasteiger partial charge is 0.462 e. The predicted octanol–water partition coefficient (Wildman–Crippen LogP) is 27.8. The van der Waals surface area contributed by atoms with Crippen molar-refractivity contribution in [2.24, 2.45) is 0 Å². The van der Waals surface area contributed by atoms with Gasteiger partial charge in [0.25, 0.3) is 0 Å². The van der Waals surface area contributed by atoms with Crippen LogP contribution in [0.5, 0.6) is 0 Å². The van der Waals surface area contributed by atoms with Crippen LogP contribution in [-0.2, 0) is 19.1 Å². The third-order valence-corrected chi connectivity index (χ3v) is 17.2. The number of carbonyl (C=O) groups is 2. The van der Waals surface area contributed by atoms with Crippen molar-refractivity contribution >= 4 is 11.9 Å². The van der Waals surface area contributed by atoms with E-state index in [1.165, 1.54) is 238 Å². The maximum Gasteiger partial charge on any atom is 0.306 e. The Morgan fingerprint density at radius 3 is 0.714 bits per heavy atom. The molecule has 1 unspecified atom stereocenters. The molecule has 0 aliphatic heterocycles. The third kappa shape index (κ3) is 78.4. The number of ether oxygens (including phenoxy) is 2. The fourth-order valence-electron chi connectivity index (χ4n) is 11.4. The number of aliphatic hydroxyl groups excluding tert-OH is 1. The van der Waals surface area contributed by atoms with Crippen molar-refractivity contribution in [2.75, 3.05) is 13.2 Å². The second-order valence-electron chi connectivity index (χ2n) is 26.1. The molecule has 0 aromatic rings. The molecule has 91 heavy (non-hydrogen) atoms. The van der Waals surface area contributed by atoms with Crippen molar-refractivity contribution in [3.63, 3.8) is 0 Å². The molecular weight excluding hydrogens is 1110 g/mol. The third-order valence-electron chi connectivity index (χ3n) is 17.2. The molecule has 522 valence electrons. The van der Waals surface area contributed by atoms with Crippen LogP contribution in [0.15, 0.2) is 134 Å². The van der Waals surface area contributed by atoms with E-state index in [-0.39, 0.29) is 25.2 Å². The fourth-order valence-corrected chi connectivity index (χ4v) is 11.4. The van der Waals surface area contributed by atoms with Crippen LogP contribution in [0.25, 0.3) is 0 Å². The first-order valence-electron chi connectivity index (χ1n) is 39.2. The van der Waals surface area contributed by atoms with Crippen LogP contribution in [-0.4, -0.2) is 36.4 Å². The van der Waals surface area contributed by atoms with E-state index in [2.05, 4.69) is 148 Å². The van der Waals surface area contributed by atoms with Crippen molar-refractivity contribution in [1.82, 2.24) is 0 Å². The Kier molecular flexibility index (Phi) is 76.8. The molecule has 0 amide bonds. The van der Waals surface area contributed by atoms with Gasteiger partial charge in [-0.05, 0) is 96.3 Å². The lowest BCUT2D eigenvalue weighted by molar-refractivity contribution is -0.161. The summed E-state index contributed by atoms with van der Waals surface area (Å²) in [5.74, 6) is -0.623. The molecule has 5 nitrogen and oxygen atoms in total. The van der Waals surface area contributed by atoms with Gasteiger partial charge in [0, 0.05) is 12.8 Å². The molecule has 0 saturated carbocycles. The number of esters is 2. The highest BCUT2D eigenvalue weighted by atomic mass is 16.6. The Bertz CT molecular complexity index is 1820. The molecule has 0 radical (unpaired) electrons. The maximum atomic E-state index is 12.4. The van der Waals surface area contributed by atoms with E-state index in [9.17, 15) is 14.7 Å². The summed E-state index contributed by atoms with van der Waals surface area (Å²) in [4.78, 5) is 24.7. The summed E-state index contributed by atoms with van der Waals surface area (Å²) in [5.41, 5.74) is 0. The second-order valence-corrected chi connectivity index (χ2v) is 26.1. The molecule has 0 aliphatic rings. The first-order chi connectivity index (χ1) is 45.1. The van der Waals surface area contributed by atoms with Crippen LogP contribution in [0.4, 0.5) is 0 Å². The Balaban J connectivity index is 3.51. The molecule has 1 atom stereocenters. The quantitative estimate of drug-likeness (QED) is 0.0373. The predicted molar refractivity (Wildman–Crippen MR) is 403 cm³/mol. The zero-order valence-corrected chi connectivity index (χ0v) is 60.1. The maximum absolute atomic E-state index is 12.4. The van der Waals surface area contributed by atoms with Gasteiger partial charge in [0.2, 0.25) is 0 Å². The van der Waals surface area contributed by atoms with Gasteiger partial charge in [0.1, 0.15) is 6.61 Å². The normalized spacial score (nSPS) is 13.0. The van der Waals surface area contributed by atoms with Crippen molar-refractivity contribution in [3.05, 3.63) is 134 Å². The van der Waals surface area contributed by atoms with Crippen molar-refractivity contribution in [3.8, 4) is 0 Å². The van der Waals surface area contributed by atoms with E-state index in [1.54, 1.807) is 0 Å². The smallest absolute Gasteiger partial charge is 0.306 e. The molecule has 0 aromatic heterocycles. The van der Waals surface area contributed by atoms with E-state index in [4.69, 9.17) is 9.47 Å². The lowest BCUT2D eigenvalue weighted by Crippen LogP contribution is -2.28. The average Bonchev–Trinajstić information content (AvgIpc) is 3.69. The summed E-state index contributed by atoms with van der Waals surface area (Å²) in [6.07, 6.45) is 120. The summed E-state index contributed by atoms with van der Waals surface area (Å²) in [6, 6.07) is 0. The lowest BCUT2D eigenvalue weighted by atomic mass is 10.0. The fraction of sp³-hybridized carbons (Fsp3) is 0.721. The highest BCUT2D eigenvalue weighted by Gasteiger charge is 2.16. The lowest BCUT2D eigenvalue weighted by Gasteiger charge is -2.15. The minimum atomic E-state index is -0.800. The Morgan fingerprint density at radius 1 is 0.264 bits per heavy atom. The number of rotatable bonds is 72. The van der Waals surface area contributed by atoms with Crippen molar-refractivity contribution < 1.29 is 24.2 Å². The number of unbranched alkanes of at least 4 members (excludes halogenated alkanes) is 42. The molecule has 0 heterocycles. The van der Waals surface area contributed by atoms with E-state index in [0.717, 1.165) is 116 Å². The standard InChI is InChI=1S/C86H148O5/c1-3-5-7-9-11-13-15-17-19-21-23-25-27-29-31-33-35-37-39-41-42-43-45-46-48-50-52-54-56-58-60-62-64-66-68-70-72-74-76-78-80-85(88)90-83-84(82-87)91-86(89)81-79-77-75-73-71-69-67-65-63-61-59-57-55-53-51-49-47-44-40-38-36-34-32-30-28-26-24-22-20-18-16-14-12-10-8-6-4-2/h6,8,12,14,18,20,24,26,30,32,36,38,44,47,51,53,57,59,63,65,69,71,84,87H,3-5,7,9-11,13,15-17,19,21-23,25,27-29,31,33-35,37,39-43,45-46,48-50,52,54-56,58,60-62,64,66-68,70,72-83H2,1-2H3/b8-6-,14-12-,20-18-,26-24-,32-30-,38-36-,47-44-,53-51-,59-57-,65-63-,71-69-. The minimum Gasteiger partial charge on any atom is -0.462 e. The summed E-state index contributed by atoms with van der Waals surface area (Å²) in [7, 11) is 0. The summed E-state index contributed by atoms with van der Waals surface area (Å²) < 4.78 is 10.7. The van der Waals surface area contributed by atoms with Crippen molar-refractivity contribution in [2.45, 2.75) is 386 Å². The molecule has 0 saturated heterocycles. The zero-order valence-electron chi connectivity index (χ0n) is 60.1. The topological polar surface area (TPSA) is 72.8 Å². The average molecular weight is 1260 g/mol. The van der Waals surface area contributed by atoms with E-state index < -0.39 is 6.10 Å². The molecule has 0 spiro atoms. The van der Waals surface area contributed by atoms with Gasteiger partial charge in [-0.25, -0.2) is 0 Å². The van der Waals surface area contributed by atoms with Gasteiger partial charge in [0.15, 0.2) is 6.10 Å². The number of hydrogen-bond donors (Lipinski definition) is 1. The summed E-state index contributed by atoms with van der Waals surface area (Å²) in [6.45, 7) is 4.04. The highest BCUT2D eigenvalue weighted by Crippen LogP contribution is 2.19. The number of aliphatic hydroxyl groups is 1. The monoisotopic (exact) mass is 1260 g/mol. The van der Waals surface area contributed by atoms with Crippen LogP contribution in [0.2, 0.25) is 0 Å². The van der Waals surface area contributed by atoms with Gasteiger partial charge in [-0.15, -0.1) is 0 Å². The van der Waals surface area contributed by atoms with Crippen LogP contribution >= 0.6 is 0 Å². The second kappa shape index (κ2) is 80.3. The van der Waals surface area contributed by atoms with E-state index >= 15 is 0 Å². The molecule has 5 heteroatoms. The minimum absolute atomic E-state index is 0.0839. The summed E-state index contributed by atoms with van der Waals surface area (Å²) >= 11 is 0. The first kappa shape index (κ1) is 87.0. The van der Waals surface area contributed by atoms with Crippen LogP contribution < -0.4 is 0 Å². The molecule has 1 N–H and O–H groups in total. The van der Waals surface area contributed by atoms with E-state index in [0.29, 0.717) is 12.8 Å². The Hall–Kier alpha value is -3.96. The number of carbonyl (C=O) groups excluding carboxylic acids is 2. The van der Waals surface area contributed by atoms with Crippen LogP contribution in [0, 0.1) is 0 Å². The van der Waals surface area contributed by atoms with E-state index in [1.807, 2.05) is 0 Å². The van der Waals surface area contributed by atoms with Gasteiger partial charge in [0.05, 0.1) is 6.61 Å². The molecule has 0 bridgehead atoms. The number of hydrogen-bond acceptors (Lipinski definition) is 5. The highest BCUT2D eigenvalue weighted by molar-refractivity contribution is 5.70. The van der Waals surface area contributed by atoms with Gasteiger partial charge in [-0.2, -0.15) is 0 Å². The SMILES string of the molecule is CC/C=C\C/C=C\C/C=C\C/C=C\C/C=C\C/C=C\C/C=C\C/C=C\C/C=C\C/C=C\C/C=C\CCCCCC(=O)OC(CO)COC(=O)CCCCCCCCCCCCCCCCCCCCCCCCCCCCCCCCCCCCCCCCCC. The van der Waals surface area contributed by atoms with Gasteiger partial charge in [-0.3, -0.25) is 9.59 Å². The van der Waals surface area contributed by atoms with Gasteiger partial charge in [-0.1, -0.05) is 404 Å². The van der Waals surface area contributed by atoms with Gasteiger partial charge >= 0.3 is 11.9 Å². The molecular formula is C86H148O5. The van der Waals surface area contributed by atoms with Gasteiger partial charge < -0.3 is 14.6 Å².